The molecule has 2 fully saturated rings. The van der Waals surface area contributed by atoms with Crippen molar-refractivity contribution in [3.05, 3.63) is 35.8 Å². The number of carbonyl (C=O) groups excluding carboxylic acids is 1. The lowest BCUT2D eigenvalue weighted by molar-refractivity contribution is -0.121. The average Bonchev–Trinajstić information content (AvgIpc) is 3.16. The van der Waals surface area contributed by atoms with Crippen LogP contribution in [0.3, 0.4) is 0 Å². The Bertz CT molecular complexity index is 1200. The number of rotatable bonds is 4. The number of benzene rings is 1. The fourth-order valence-corrected chi connectivity index (χ4v) is 5.97. The van der Waals surface area contributed by atoms with Gasteiger partial charge in [0.1, 0.15) is 11.4 Å². The van der Waals surface area contributed by atoms with Crippen LogP contribution in [0.25, 0.3) is 0 Å². The van der Waals surface area contributed by atoms with E-state index < -0.39 is 0 Å². The number of nitrogen functional groups attached to an aromatic ring is 1. The van der Waals surface area contributed by atoms with Gasteiger partial charge in [0.25, 0.3) is 0 Å². The zero-order valence-electron chi connectivity index (χ0n) is 21.7. The standard InChI is InChI=1S/C30H37N5O2/c1-37-25-9-5-8-24(18-25)33-30(36)22-13-11-21(12-14-22)23-15-16-26-28(32-19-23)29(31)35-27(34-26)17-10-20-6-3-2-4-7-20/h5,8-9,18-23H,2-4,6-7,11-16H2,1H3,(H,33,36)(H2,31,34,35). The molecule has 1 atom stereocenters. The highest BCUT2D eigenvalue weighted by Crippen LogP contribution is 2.38. The molecule has 2 aliphatic carbocycles. The third-order valence-electron chi connectivity index (χ3n) is 8.17. The van der Waals surface area contributed by atoms with Crippen LogP contribution in [0.1, 0.15) is 75.7 Å². The van der Waals surface area contributed by atoms with Gasteiger partial charge < -0.3 is 15.8 Å². The van der Waals surface area contributed by atoms with Gasteiger partial charge in [-0.3, -0.25) is 9.79 Å². The Morgan fingerprint density at radius 1 is 1.05 bits per heavy atom. The topological polar surface area (TPSA) is 102 Å². The molecule has 5 rings (SSSR count). The predicted octanol–water partition coefficient (Wildman–Crippen LogP) is 5.71. The number of carbonyl (C=O) groups is 1. The molecule has 0 bridgehead atoms. The lowest BCUT2D eigenvalue weighted by Gasteiger charge is -2.31. The number of nitrogens with one attached hydrogen (secondary N) is 1. The summed E-state index contributed by atoms with van der Waals surface area (Å²) in [4.78, 5) is 26.8. The molecule has 0 saturated heterocycles. The second kappa shape index (κ2) is 11.8. The van der Waals surface area contributed by atoms with E-state index in [0.717, 1.165) is 55.7 Å². The van der Waals surface area contributed by atoms with Crippen LogP contribution < -0.4 is 15.8 Å². The number of fused-ring (bicyclic) bond motifs is 1. The van der Waals surface area contributed by atoms with Crippen molar-refractivity contribution in [2.45, 2.75) is 70.6 Å². The highest BCUT2D eigenvalue weighted by molar-refractivity contribution is 5.92. The summed E-state index contributed by atoms with van der Waals surface area (Å²) in [5.74, 6) is 9.70. The van der Waals surface area contributed by atoms with Crippen molar-refractivity contribution in [2.75, 3.05) is 18.2 Å². The summed E-state index contributed by atoms with van der Waals surface area (Å²) in [5, 5.41) is 3.06. The first kappa shape index (κ1) is 25.3. The van der Waals surface area contributed by atoms with Crippen molar-refractivity contribution in [3.63, 3.8) is 0 Å². The number of aryl methyl sites for hydroxylation is 1. The minimum Gasteiger partial charge on any atom is -0.497 e. The third-order valence-corrected chi connectivity index (χ3v) is 8.17. The van der Waals surface area contributed by atoms with Crippen LogP contribution in [0, 0.1) is 35.5 Å². The molecule has 1 aromatic carbocycles. The van der Waals surface area contributed by atoms with Gasteiger partial charge in [0.15, 0.2) is 5.82 Å². The first-order valence-electron chi connectivity index (χ1n) is 13.8. The lowest BCUT2D eigenvalue weighted by Crippen LogP contribution is -2.30. The summed E-state index contributed by atoms with van der Waals surface area (Å²) in [5.41, 5.74) is 8.69. The Labute approximate surface area is 219 Å². The summed E-state index contributed by atoms with van der Waals surface area (Å²) < 4.78 is 5.26. The fraction of sp³-hybridized carbons (Fsp3) is 0.533. The molecule has 0 spiro atoms. The van der Waals surface area contributed by atoms with Gasteiger partial charge in [-0.25, -0.2) is 9.97 Å². The van der Waals surface area contributed by atoms with Gasteiger partial charge in [-0.15, -0.1) is 0 Å². The highest BCUT2D eigenvalue weighted by atomic mass is 16.5. The number of hydrogen-bond donors (Lipinski definition) is 2. The van der Waals surface area contributed by atoms with E-state index in [1.165, 1.54) is 32.1 Å². The quantitative estimate of drug-likeness (QED) is 0.525. The van der Waals surface area contributed by atoms with Crippen LogP contribution in [-0.4, -0.2) is 29.2 Å². The number of aromatic nitrogens is 2. The summed E-state index contributed by atoms with van der Waals surface area (Å²) in [7, 11) is 1.63. The molecule has 3 aliphatic rings. The predicted molar refractivity (Wildman–Crippen MR) is 147 cm³/mol. The van der Waals surface area contributed by atoms with Crippen LogP contribution in [0.2, 0.25) is 0 Å². The maximum absolute atomic E-state index is 12.9. The molecule has 2 heterocycles. The Morgan fingerprint density at radius 3 is 2.65 bits per heavy atom. The molecule has 2 saturated carbocycles. The molecular formula is C30H37N5O2. The molecular weight excluding hydrogens is 462 g/mol. The number of hydrogen-bond acceptors (Lipinski definition) is 6. The molecule has 194 valence electrons. The fourth-order valence-electron chi connectivity index (χ4n) is 5.97. The molecule has 1 amide bonds. The van der Waals surface area contributed by atoms with Gasteiger partial charge >= 0.3 is 0 Å². The van der Waals surface area contributed by atoms with Gasteiger partial charge in [0.2, 0.25) is 11.7 Å². The number of aliphatic imine (C=N–C) groups is 1. The second-order valence-electron chi connectivity index (χ2n) is 10.6. The maximum Gasteiger partial charge on any atom is 0.227 e. The van der Waals surface area contributed by atoms with E-state index in [2.05, 4.69) is 28.4 Å². The molecule has 3 N–H and O–H groups in total. The van der Waals surface area contributed by atoms with Crippen LogP contribution >= 0.6 is 0 Å². The van der Waals surface area contributed by atoms with Gasteiger partial charge in [0.05, 0.1) is 12.8 Å². The largest absolute Gasteiger partial charge is 0.497 e. The number of nitrogens with two attached hydrogens (primary N) is 1. The lowest BCUT2D eigenvalue weighted by atomic mass is 9.74. The molecule has 37 heavy (non-hydrogen) atoms. The van der Waals surface area contributed by atoms with Crippen LogP contribution in [0.4, 0.5) is 17.2 Å². The minimum absolute atomic E-state index is 0.0363. The summed E-state index contributed by atoms with van der Waals surface area (Å²) in [6.07, 6.45) is 13.8. The first-order chi connectivity index (χ1) is 18.1. The van der Waals surface area contributed by atoms with Gasteiger partial charge in [-0.1, -0.05) is 31.2 Å². The highest BCUT2D eigenvalue weighted by Gasteiger charge is 2.31. The SMILES string of the molecule is COc1cccc(NC(=O)C2CCC(C3C=Nc4c(N)nc(C#CC5CCCCC5)nc4CC3)CC2)c1. The molecule has 1 aliphatic heterocycles. The molecule has 7 nitrogen and oxygen atoms in total. The smallest absolute Gasteiger partial charge is 0.227 e. The van der Waals surface area contributed by atoms with Gasteiger partial charge in [-0.05, 0) is 81.3 Å². The van der Waals surface area contributed by atoms with E-state index in [9.17, 15) is 4.79 Å². The van der Waals surface area contributed by atoms with Gasteiger partial charge in [-0.2, -0.15) is 0 Å². The van der Waals surface area contributed by atoms with E-state index in [-0.39, 0.29) is 11.8 Å². The number of ether oxygens (including phenoxy) is 1. The Kier molecular flexibility index (Phi) is 8.03. The summed E-state index contributed by atoms with van der Waals surface area (Å²) >= 11 is 0. The summed E-state index contributed by atoms with van der Waals surface area (Å²) in [6.45, 7) is 0. The van der Waals surface area contributed by atoms with Crippen LogP contribution in [0.5, 0.6) is 5.75 Å². The van der Waals surface area contributed by atoms with Crippen LogP contribution in [-0.2, 0) is 11.2 Å². The van der Waals surface area contributed by atoms with E-state index in [1.807, 2.05) is 24.3 Å². The Morgan fingerprint density at radius 2 is 1.86 bits per heavy atom. The van der Waals surface area contributed by atoms with Crippen molar-refractivity contribution in [1.82, 2.24) is 9.97 Å². The normalized spacial score (nSPS) is 23.8. The molecule has 1 unspecified atom stereocenters. The molecule has 0 radical (unpaired) electrons. The van der Waals surface area contributed by atoms with E-state index in [0.29, 0.717) is 35.1 Å². The zero-order valence-corrected chi connectivity index (χ0v) is 21.7. The molecule has 1 aromatic heterocycles. The number of amides is 1. The second-order valence-corrected chi connectivity index (χ2v) is 10.6. The first-order valence-corrected chi connectivity index (χ1v) is 13.8. The van der Waals surface area contributed by atoms with Crippen LogP contribution in [0.15, 0.2) is 29.3 Å². The minimum atomic E-state index is 0.0363. The van der Waals surface area contributed by atoms with Crippen molar-refractivity contribution in [2.24, 2.45) is 28.7 Å². The third kappa shape index (κ3) is 6.30. The molecule has 7 heteroatoms. The van der Waals surface area contributed by atoms with Crippen molar-refractivity contribution in [1.29, 1.82) is 0 Å². The number of nitrogens with zero attached hydrogens (tertiary/aromatic N) is 3. The monoisotopic (exact) mass is 499 g/mol. The number of anilines is 2. The Hall–Kier alpha value is -3.40. The van der Waals surface area contributed by atoms with E-state index in [4.69, 9.17) is 20.4 Å². The average molecular weight is 500 g/mol. The van der Waals surface area contributed by atoms with Crippen molar-refractivity contribution in [3.8, 4) is 17.6 Å². The summed E-state index contributed by atoms with van der Waals surface area (Å²) in [6, 6.07) is 7.51. The zero-order chi connectivity index (χ0) is 25.6. The van der Waals surface area contributed by atoms with E-state index in [1.54, 1.807) is 7.11 Å². The maximum atomic E-state index is 12.9. The Balaban J connectivity index is 1.17. The van der Waals surface area contributed by atoms with Gasteiger partial charge in [0, 0.05) is 29.8 Å². The van der Waals surface area contributed by atoms with Crippen molar-refractivity contribution < 1.29 is 9.53 Å². The number of methoxy groups -OCH3 is 1. The van der Waals surface area contributed by atoms with Crippen molar-refractivity contribution >= 4 is 29.3 Å². The molecule has 2 aromatic rings. The van der Waals surface area contributed by atoms with E-state index >= 15 is 0 Å².